The zero-order valence-electron chi connectivity index (χ0n) is 14.5. The van der Waals surface area contributed by atoms with Crippen molar-refractivity contribution in [3.63, 3.8) is 0 Å². The normalized spacial score (nSPS) is 10.4. The third-order valence-electron chi connectivity index (χ3n) is 3.38. The van der Waals surface area contributed by atoms with Crippen molar-refractivity contribution in [3.05, 3.63) is 35.5 Å². The quantitative estimate of drug-likeness (QED) is 0.546. The number of nitrogens with two attached hydrogens (primary N) is 1. The summed E-state index contributed by atoms with van der Waals surface area (Å²) in [6.07, 6.45) is 0.705. The Hall–Kier alpha value is -2.48. The molecule has 0 radical (unpaired) electrons. The van der Waals surface area contributed by atoms with Gasteiger partial charge in [0.25, 0.3) is 0 Å². The van der Waals surface area contributed by atoms with E-state index in [1.165, 1.54) is 11.8 Å². The molecule has 0 aliphatic carbocycles. The molecule has 3 N–H and O–H groups in total. The fourth-order valence-electron chi connectivity index (χ4n) is 2.21. The van der Waals surface area contributed by atoms with Crippen LogP contribution >= 0.6 is 11.8 Å². The van der Waals surface area contributed by atoms with E-state index in [0.717, 1.165) is 11.3 Å². The number of methoxy groups -OCH3 is 2. The molecule has 0 aliphatic heterocycles. The molecule has 134 valence electrons. The Morgan fingerprint density at radius 1 is 1.20 bits per heavy atom. The maximum absolute atomic E-state index is 11.9. The van der Waals surface area contributed by atoms with Crippen LogP contribution in [-0.2, 0) is 11.2 Å². The van der Waals surface area contributed by atoms with Gasteiger partial charge in [0.2, 0.25) is 11.9 Å². The first-order valence-corrected chi connectivity index (χ1v) is 8.72. The number of nitrogen functional groups attached to an aromatic ring is 1. The maximum Gasteiger partial charge on any atom is 0.230 e. The minimum Gasteiger partial charge on any atom is -0.493 e. The van der Waals surface area contributed by atoms with Gasteiger partial charge in [-0.2, -0.15) is 0 Å². The van der Waals surface area contributed by atoms with Gasteiger partial charge in [-0.3, -0.25) is 4.79 Å². The van der Waals surface area contributed by atoms with E-state index in [2.05, 4.69) is 15.3 Å². The number of aryl methyl sites for hydroxylation is 1. The molecule has 0 bridgehead atoms. The van der Waals surface area contributed by atoms with E-state index in [0.29, 0.717) is 29.5 Å². The van der Waals surface area contributed by atoms with Crippen molar-refractivity contribution < 1.29 is 14.3 Å². The van der Waals surface area contributed by atoms with Gasteiger partial charge in [0.15, 0.2) is 11.5 Å². The molecule has 1 amide bonds. The number of nitrogens with zero attached hydrogens (tertiary/aromatic N) is 2. The zero-order valence-corrected chi connectivity index (χ0v) is 15.4. The number of aromatic nitrogens is 2. The Kier molecular flexibility index (Phi) is 6.88. The van der Waals surface area contributed by atoms with Crippen LogP contribution in [0.4, 0.5) is 5.95 Å². The van der Waals surface area contributed by atoms with Crippen LogP contribution in [0.25, 0.3) is 0 Å². The molecule has 25 heavy (non-hydrogen) atoms. The van der Waals surface area contributed by atoms with E-state index in [1.807, 2.05) is 25.1 Å². The summed E-state index contributed by atoms with van der Waals surface area (Å²) in [7, 11) is 3.20. The van der Waals surface area contributed by atoms with Gasteiger partial charge in [-0.1, -0.05) is 17.8 Å². The summed E-state index contributed by atoms with van der Waals surface area (Å²) in [5.74, 6) is 1.81. The third-order valence-corrected chi connectivity index (χ3v) is 4.29. The minimum atomic E-state index is -0.0553. The van der Waals surface area contributed by atoms with Crippen LogP contribution in [0, 0.1) is 6.92 Å². The number of ether oxygens (including phenoxy) is 2. The molecular formula is C17H22N4O3S. The van der Waals surface area contributed by atoms with Crippen LogP contribution in [0.15, 0.2) is 29.3 Å². The summed E-state index contributed by atoms with van der Waals surface area (Å²) in [6, 6.07) is 7.52. The smallest absolute Gasteiger partial charge is 0.230 e. The molecule has 2 aromatic rings. The highest BCUT2D eigenvalue weighted by Crippen LogP contribution is 2.27. The van der Waals surface area contributed by atoms with Gasteiger partial charge in [-0.15, -0.1) is 0 Å². The van der Waals surface area contributed by atoms with E-state index in [-0.39, 0.29) is 17.6 Å². The number of hydrogen-bond donors (Lipinski definition) is 2. The third kappa shape index (κ3) is 5.82. The predicted octanol–water partition coefficient (Wildman–Crippen LogP) is 1.84. The van der Waals surface area contributed by atoms with E-state index in [9.17, 15) is 4.79 Å². The Labute approximate surface area is 151 Å². The summed E-state index contributed by atoms with van der Waals surface area (Å²) >= 11 is 1.33. The molecule has 0 saturated heterocycles. The molecular weight excluding hydrogens is 340 g/mol. The Morgan fingerprint density at radius 2 is 1.96 bits per heavy atom. The lowest BCUT2D eigenvalue weighted by Crippen LogP contribution is -2.27. The van der Waals surface area contributed by atoms with Gasteiger partial charge in [-0.05, 0) is 37.1 Å². The summed E-state index contributed by atoms with van der Waals surface area (Å²) in [5.41, 5.74) is 7.44. The van der Waals surface area contributed by atoms with Gasteiger partial charge in [0.1, 0.15) is 5.03 Å². The van der Waals surface area contributed by atoms with Crippen LogP contribution in [0.1, 0.15) is 11.3 Å². The van der Waals surface area contributed by atoms with Crippen molar-refractivity contribution in [2.24, 2.45) is 0 Å². The second-order valence-corrected chi connectivity index (χ2v) is 6.28. The van der Waals surface area contributed by atoms with Crippen molar-refractivity contribution in [2.45, 2.75) is 18.4 Å². The number of rotatable bonds is 8. The predicted molar refractivity (Wildman–Crippen MR) is 98.2 cm³/mol. The maximum atomic E-state index is 11.9. The highest BCUT2D eigenvalue weighted by Gasteiger charge is 2.07. The lowest BCUT2D eigenvalue weighted by molar-refractivity contribution is -0.118. The van der Waals surface area contributed by atoms with E-state index >= 15 is 0 Å². The van der Waals surface area contributed by atoms with E-state index < -0.39 is 0 Å². The number of carbonyl (C=O) groups is 1. The van der Waals surface area contributed by atoms with E-state index in [1.54, 1.807) is 20.3 Å². The number of carbonyl (C=O) groups excluding carboxylic acids is 1. The largest absolute Gasteiger partial charge is 0.493 e. The lowest BCUT2D eigenvalue weighted by atomic mass is 10.1. The number of benzene rings is 1. The average Bonchev–Trinajstić information content (AvgIpc) is 2.59. The highest BCUT2D eigenvalue weighted by molar-refractivity contribution is 7.99. The molecule has 8 heteroatoms. The van der Waals surface area contributed by atoms with Crippen molar-refractivity contribution >= 4 is 23.6 Å². The Balaban J connectivity index is 1.78. The molecule has 1 aromatic carbocycles. The number of thioether (sulfide) groups is 1. The van der Waals surface area contributed by atoms with Crippen molar-refractivity contribution in [1.82, 2.24) is 15.3 Å². The standard InChI is InChI=1S/C17H22N4O3S/c1-11-8-16(21-17(18)20-11)25-10-15(22)19-7-6-12-4-5-13(23-2)14(9-12)24-3/h4-5,8-9H,6-7,10H2,1-3H3,(H,19,22)(H2,18,20,21). The molecule has 1 heterocycles. The summed E-state index contributed by atoms with van der Waals surface area (Å²) < 4.78 is 10.5. The first kappa shape index (κ1) is 18.9. The fraction of sp³-hybridized carbons (Fsp3) is 0.353. The van der Waals surface area contributed by atoms with Crippen LogP contribution in [0.5, 0.6) is 11.5 Å². The van der Waals surface area contributed by atoms with Gasteiger partial charge in [0.05, 0.1) is 20.0 Å². The number of amides is 1. The minimum absolute atomic E-state index is 0.0553. The molecule has 0 atom stereocenters. The molecule has 0 aliphatic rings. The second kappa shape index (κ2) is 9.12. The first-order valence-electron chi connectivity index (χ1n) is 7.73. The van der Waals surface area contributed by atoms with Crippen LogP contribution in [0.2, 0.25) is 0 Å². The Morgan fingerprint density at radius 3 is 2.64 bits per heavy atom. The number of anilines is 1. The number of nitrogens with one attached hydrogen (secondary N) is 1. The van der Waals surface area contributed by atoms with Crippen molar-refractivity contribution in [1.29, 1.82) is 0 Å². The van der Waals surface area contributed by atoms with Crippen molar-refractivity contribution in [3.8, 4) is 11.5 Å². The Bertz CT molecular complexity index is 720. The topological polar surface area (TPSA) is 99.4 Å². The highest BCUT2D eigenvalue weighted by atomic mass is 32.2. The van der Waals surface area contributed by atoms with Gasteiger partial charge < -0.3 is 20.5 Å². The lowest BCUT2D eigenvalue weighted by Gasteiger charge is -2.10. The zero-order chi connectivity index (χ0) is 18.2. The van der Waals surface area contributed by atoms with Crippen LogP contribution in [-0.4, -0.2) is 42.4 Å². The molecule has 1 aromatic heterocycles. The number of hydrogen-bond acceptors (Lipinski definition) is 7. The van der Waals surface area contributed by atoms with Crippen LogP contribution in [0.3, 0.4) is 0 Å². The first-order chi connectivity index (χ1) is 12.0. The summed E-state index contributed by atoms with van der Waals surface area (Å²) in [6.45, 7) is 2.38. The second-order valence-electron chi connectivity index (χ2n) is 5.28. The monoisotopic (exact) mass is 362 g/mol. The molecule has 2 rings (SSSR count). The fourth-order valence-corrected chi connectivity index (χ4v) is 3.00. The molecule has 0 fully saturated rings. The molecule has 0 unspecified atom stereocenters. The average molecular weight is 362 g/mol. The molecule has 7 nitrogen and oxygen atoms in total. The van der Waals surface area contributed by atoms with Crippen LogP contribution < -0.4 is 20.5 Å². The van der Waals surface area contributed by atoms with Crippen molar-refractivity contribution in [2.75, 3.05) is 32.3 Å². The van der Waals surface area contributed by atoms with Gasteiger partial charge in [0, 0.05) is 12.2 Å². The molecule has 0 saturated carbocycles. The SMILES string of the molecule is COc1ccc(CCNC(=O)CSc2cc(C)nc(N)n2)cc1OC. The van der Waals surface area contributed by atoms with E-state index in [4.69, 9.17) is 15.2 Å². The summed E-state index contributed by atoms with van der Waals surface area (Å²) in [5, 5.41) is 3.58. The van der Waals surface area contributed by atoms with Gasteiger partial charge in [-0.25, -0.2) is 9.97 Å². The molecule has 0 spiro atoms. The summed E-state index contributed by atoms with van der Waals surface area (Å²) in [4.78, 5) is 20.0. The van der Waals surface area contributed by atoms with Gasteiger partial charge >= 0.3 is 0 Å².